The van der Waals surface area contributed by atoms with Gasteiger partial charge in [-0.05, 0) is 18.2 Å². The fourth-order valence-corrected chi connectivity index (χ4v) is 1.55. The Morgan fingerprint density at radius 2 is 2.00 bits per heavy atom. The van der Waals surface area contributed by atoms with Crippen LogP contribution in [0, 0.1) is 11.6 Å². The van der Waals surface area contributed by atoms with Crippen molar-refractivity contribution in [3.63, 3.8) is 0 Å². The summed E-state index contributed by atoms with van der Waals surface area (Å²) < 4.78 is 31.6. The molecule has 0 fully saturated rings. The first-order valence-electron chi connectivity index (χ1n) is 5.61. The third kappa shape index (κ3) is 2.87. The molecule has 0 saturated carbocycles. The van der Waals surface area contributed by atoms with E-state index in [1.54, 1.807) is 0 Å². The lowest BCUT2D eigenvalue weighted by atomic mass is 10.1. The van der Waals surface area contributed by atoms with E-state index in [2.05, 4.69) is 5.10 Å². The van der Waals surface area contributed by atoms with Gasteiger partial charge < -0.3 is 4.74 Å². The highest BCUT2D eigenvalue weighted by Crippen LogP contribution is 2.10. The van der Waals surface area contributed by atoms with E-state index in [-0.39, 0.29) is 18.0 Å². The van der Waals surface area contributed by atoms with E-state index in [0.29, 0.717) is 0 Å². The van der Waals surface area contributed by atoms with Gasteiger partial charge in [0.2, 0.25) is 5.88 Å². The number of hydrogen-bond donors (Lipinski definition) is 0. The van der Waals surface area contributed by atoms with E-state index in [9.17, 15) is 18.4 Å². The third-order valence-electron chi connectivity index (χ3n) is 2.59. The van der Waals surface area contributed by atoms with Gasteiger partial charge in [-0.2, -0.15) is 0 Å². The number of halogens is 2. The smallest absolute Gasteiger partial charge is 0.267 e. The molecule has 2 aromatic rings. The van der Waals surface area contributed by atoms with Crippen molar-refractivity contribution in [2.45, 2.75) is 6.54 Å². The van der Waals surface area contributed by atoms with Crippen LogP contribution in [0.25, 0.3) is 0 Å². The molecule has 0 N–H and O–H groups in total. The third-order valence-corrected chi connectivity index (χ3v) is 2.59. The number of carbonyl (C=O) groups excluding carboxylic acids is 1. The molecule has 104 valence electrons. The Morgan fingerprint density at radius 1 is 1.25 bits per heavy atom. The SMILES string of the molecule is COc1ccc(=O)n(CC(=O)c2ccc(F)c(F)c2)n1. The molecule has 0 aliphatic rings. The molecular weight excluding hydrogens is 270 g/mol. The van der Waals surface area contributed by atoms with E-state index in [1.807, 2.05) is 0 Å². The van der Waals surface area contributed by atoms with Gasteiger partial charge in [0.05, 0.1) is 7.11 Å². The zero-order valence-corrected chi connectivity index (χ0v) is 10.5. The van der Waals surface area contributed by atoms with Crippen LogP contribution >= 0.6 is 0 Å². The lowest BCUT2D eigenvalue weighted by Crippen LogP contribution is -2.26. The Morgan fingerprint density at radius 3 is 2.65 bits per heavy atom. The molecule has 0 bridgehead atoms. The Bertz CT molecular complexity index is 713. The lowest BCUT2D eigenvalue weighted by Gasteiger charge is -2.06. The van der Waals surface area contributed by atoms with Crippen LogP contribution in [0.5, 0.6) is 5.88 Å². The van der Waals surface area contributed by atoms with Crippen molar-refractivity contribution in [1.82, 2.24) is 9.78 Å². The highest BCUT2D eigenvalue weighted by Gasteiger charge is 2.12. The molecule has 0 spiro atoms. The van der Waals surface area contributed by atoms with Crippen LogP contribution in [-0.2, 0) is 6.54 Å². The molecule has 0 unspecified atom stereocenters. The molecule has 1 aromatic heterocycles. The van der Waals surface area contributed by atoms with Crippen molar-refractivity contribution in [2.24, 2.45) is 0 Å². The predicted octanol–water partition coefficient (Wildman–Crippen LogP) is 1.41. The van der Waals surface area contributed by atoms with Gasteiger partial charge in [-0.1, -0.05) is 0 Å². The zero-order chi connectivity index (χ0) is 14.7. The molecule has 0 radical (unpaired) electrons. The molecule has 7 heteroatoms. The molecule has 0 aliphatic carbocycles. The molecule has 0 atom stereocenters. The second kappa shape index (κ2) is 5.60. The Kier molecular flexibility index (Phi) is 3.88. The average molecular weight is 280 g/mol. The number of ketones is 1. The van der Waals surface area contributed by atoms with E-state index < -0.39 is 23.0 Å². The van der Waals surface area contributed by atoms with Crippen molar-refractivity contribution in [2.75, 3.05) is 7.11 Å². The summed E-state index contributed by atoms with van der Waals surface area (Å²) in [5.74, 6) is -2.56. The van der Waals surface area contributed by atoms with E-state index in [4.69, 9.17) is 4.74 Å². The molecular formula is C13H10F2N2O3. The van der Waals surface area contributed by atoms with Crippen LogP contribution in [0.3, 0.4) is 0 Å². The summed E-state index contributed by atoms with van der Waals surface area (Å²) in [4.78, 5) is 23.4. The summed E-state index contributed by atoms with van der Waals surface area (Å²) in [5, 5.41) is 3.79. The maximum absolute atomic E-state index is 13.0. The van der Waals surface area contributed by atoms with Gasteiger partial charge in [0.15, 0.2) is 17.4 Å². The van der Waals surface area contributed by atoms with Crippen molar-refractivity contribution in [1.29, 1.82) is 0 Å². The summed E-state index contributed by atoms with van der Waals surface area (Å²) in [6.07, 6.45) is 0. The molecule has 1 aromatic carbocycles. The van der Waals surface area contributed by atoms with E-state index in [0.717, 1.165) is 22.9 Å². The Labute approximate surface area is 112 Å². The van der Waals surface area contributed by atoms with Gasteiger partial charge in [-0.25, -0.2) is 13.5 Å². The van der Waals surface area contributed by atoms with Gasteiger partial charge in [-0.15, -0.1) is 5.10 Å². The standard InChI is InChI=1S/C13H10F2N2O3/c1-20-12-4-5-13(19)17(16-12)7-11(18)8-2-3-9(14)10(15)6-8/h2-6H,7H2,1H3. The number of ether oxygens (including phenoxy) is 1. The van der Waals surface area contributed by atoms with Gasteiger partial charge >= 0.3 is 0 Å². The number of nitrogens with zero attached hydrogens (tertiary/aromatic N) is 2. The molecule has 20 heavy (non-hydrogen) atoms. The number of aromatic nitrogens is 2. The van der Waals surface area contributed by atoms with Crippen LogP contribution in [-0.4, -0.2) is 22.7 Å². The fourth-order valence-electron chi connectivity index (χ4n) is 1.55. The minimum atomic E-state index is -1.12. The highest BCUT2D eigenvalue weighted by molar-refractivity contribution is 5.95. The Hall–Kier alpha value is -2.57. The topological polar surface area (TPSA) is 61.2 Å². The normalized spacial score (nSPS) is 10.3. The van der Waals surface area contributed by atoms with Crippen LogP contribution in [0.2, 0.25) is 0 Å². The summed E-state index contributed by atoms with van der Waals surface area (Å²) in [6.45, 7) is -0.388. The number of rotatable bonds is 4. The number of Topliss-reactive ketones (excluding diaryl/α,β-unsaturated/α-hetero) is 1. The zero-order valence-electron chi connectivity index (χ0n) is 10.5. The van der Waals surface area contributed by atoms with Crippen molar-refractivity contribution in [3.05, 3.63) is 57.9 Å². The minimum absolute atomic E-state index is 0.0413. The number of methoxy groups -OCH3 is 1. The van der Waals surface area contributed by atoms with Crippen LogP contribution in [0.4, 0.5) is 8.78 Å². The first-order valence-corrected chi connectivity index (χ1v) is 5.61. The minimum Gasteiger partial charge on any atom is -0.480 e. The van der Waals surface area contributed by atoms with Crippen LogP contribution in [0.1, 0.15) is 10.4 Å². The maximum atomic E-state index is 13.0. The van der Waals surface area contributed by atoms with Crippen molar-refractivity contribution < 1.29 is 18.3 Å². The number of hydrogen-bond acceptors (Lipinski definition) is 4. The number of carbonyl (C=O) groups is 1. The van der Waals surface area contributed by atoms with Gasteiger partial charge in [-0.3, -0.25) is 9.59 Å². The monoisotopic (exact) mass is 280 g/mol. The van der Waals surface area contributed by atoms with Crippen molar-refractivity contribution >= 4 is 5.78 Å². The quantitative estimate of drug-likeness (QED) is 0.794. The molecule has 1 heterocycles. The van der Waals surface area contributed by atoms with E-state index >= 15 is 0 Å². The molecule has 0 amide bonds. The molecule has 0 saturated heterocycles. The molecule has 5 nitrogen and oxygen atoms in total. The molecule has 2 rings (SSSR count). The number of benzene rings is 1. The van der Waals surface area contributed by atoms with Crippen LogP contribution in [0.15, 0.2) is 35.1 Å². The summed E-state index contributed by atoms with van der Waals surface area (Å²) in [6, 6.07) is 5.34. The fraction of sp³-hybridized carbons (Fsp3) is 0.154. The highest BCUT2D eigenvalue weighted by atomic mass is 19.2. The Balaban J connectivity index is 2.27. The summed E-state index contributed by atoms with van der Waals surface area (Å²) >= 11 is 0. The van der Waals surface area contributed by atoms with E-state index in [1.165, 1.54) is 19.2 Å². The maximum Gasteiger partial charge on any atom is 0.267 e. The van der Waals surface area contributed by atoms with Gasteiger partial charge in [0.1, 0.15) is 6.54 Å². The largest absolute Gasteiger partial charge is 0.480 e. The van der Waals surface area contributed by atoms with Gasteiger partial charge in [0.25, 0.3) is 5.56 Å². The van der Waals surface area contributed by atoms with Crippen molar-refractivity contribution in [3.8, 4) is 5.88 Å². The van der Waals surface area contributed by atoms with Crippen LogP contribution < -0.4 is 10.3 Å². The summed E-state index contributed by atoms with van der Waals surface area (Å²) in [5.41, 5.74) is -0.540. The van der Waals surface area contributed by atoms with Gasteiger partial charge in [0, 0.05) is 17.7 Å². The second-order valence-electron chi connectivity index (χ2n) is 3.92. The predicted molar refractivity (Wildman–Crippen MR) is 65.7 cm³/mol. The first kappa shape index (κ1) is 13.9. The lowest BCUT2D eigenvalue weighted by molar-refractivity contribution is 0.0964. The summed E-state index contributed by atoms with van der Waals surface area (Å²) in [7, 11) is 1.37. The average Bonchev–Trinajstić information content (AvgIpc) is 2.44. The second-order valence-corrected chi connectivity index (χ2v) is 3.92. The first-order chi connectivity index (χ1) is 9.51. The molecule has 0 aliphatic heterocycles.